The van der Waals surface area contributed by atoms with Gasteiger partial charge in [0.25, 0.3) is 5.91 Å². The van der Waals surface area contributed by atoms with Gasteiger partial charge in [-0.2, -0.15) is 0 Å². The second-order valence-electron chi connectivity index (χ2n) is 8.30. The molecule has 0 saturated carbocycles. The Bertz CT molecular complexity index is 1400. The predicted molar refractivity (Wildman–Crippen MR) is 162 cm³/mol. The first-order valence-corrected chi connectivity index (χ1v) is 14.5. The van der Waals surface area contributed by atoms with Gasteiger partial charge in [-0.05, 0) is 76.8 Å². The van der Waals surface area contributed by atoms with Crippen LogP contribution in [0.5, 0.6) is 11.5 Å². The third-order valence-corrected chi connectivity index (χ3v) is 7.80. The summed E-state index contributed by atoms with van der Waals surface area (Å²) >= 11 is 16.3. The first-order valence-electron chi connectivity index (χ1n) is 12.1. The standard InChI is InChI=1S/C29H25BrClNO5S2/c1-3-35-23-15-19(14-22(30)26(23)37-17-18-10-12-21(31)13-11-18)16-24-27(33)32(29(38)39-24)25(28(34)36-4-2)20-8-6-5-7-9-20/h5-16,25H,3-4,17H2,1-2H3/b24-16-. The maximum absolute atomic E-state index is 13.6. The SMILES string of the molecule is CCOC(=O)C(c1ccccc1)N1C(=O)/C(=C/c2cc(Br)c(OCc3ccc(Cl)cc3)c(OCC)c2)SC1=S. The van der Waals surface area contributed by atoms with Gasteiger partial charge in [0.1, 0.15) is 10.9 Å². The topological polar surface area (TPSA) is 65.1 Å². The third-order valence-electron chi connectivity index (χ3n) is 5.63. The molecule has 0 N–H and O–H groups in total. The van der Waals surface area contributed by atoms with Crippen LogP contribution in [0.3, 0.4) is 0 Å². The van der Waals surface area contributed by atoms with Crippen molar-refractivity contribution in [1.82, 2.24) is 4.90 Å². The van der Waals surface area contributed by atoms with Crippen molar-refractivity contribution in [2.75, 3.05) is 13.2 Å². The molecule has 0 bridgehead atoms. The normalized spacial score (nSPS) is 15.0. The summed E-state index contributed by atoms with van der Waals surface area (Å²) in [6.07, 6.45) is 1.72. The maximum Gasteiger partial charge on any atom is 0.333 e. The minimum absolute atomic E-state index is 0.188. The molecule has 39 heavy (non-hydrogen) atoms. The fourth-order valence-corrected chi connectivity index (χ4v) is 5.92. The molecule has 1 unspecified atom stereocenters. The third kappa shape index (κ3) is 7.03. The Morgan fingerprint density at radius 3 is 2.46 bits per heavy atom. The van der Waals surface area contributed by atoms with E-state index in [1.54, 1.807) is 43.3 Å². The van der Waals surface area contributed by atoms with Crippen molar-refractivity contribution >= 4 is 73.8 Å². The molecule has 1 aliphatic heterocycles. The number of carbonyl (C=O) groups excluding carboxylic acids is 2. The minimum Gasteiger partial charge on any atom is -0.490 e. The van der Waals surface area contributed by atoms with Crippen LogP contribution in [-0.2, 0) is 20.9 Å². The van der Waals surface area contributed by atoms with E-state index in [1.807, 2.05) is 43.3 Å². The van der Waals surface area contributed by atoms with Gasteiger partial charge in [-0.3, -0.25) is 9.69 Å². The molecule has 6 nitrogen and oxygen atoms in total. The Labute approximate surface area is 250 Å². The number of hydrogen-bond acceptors (Lipinski definition) is 7. The molecule has 0 aromatic heterocycles. The Hall–Kier alpha value is -2.85. The van der Waals surface area contributed by atoms with Crippen molar-refractivity contribution in [3.05, 3.63) is 97.8 Å². The Balaban J connectivity index is 1.62. The average molecular weight is 647 g/mol. The zero-order valence-electron chi connectivity index (χ0n) is 21.2. The number of esters is 1. The van der Waals surface area contributed by atoms with E-state index in [-0.39, 0.29) is 16.8 Å². The molecule has 3 aromatic carbocycles. The van der Waals surface area contributed by atoms with Crippen molar-refractivity contribution in [2.24, 2.45) is 0 Å². The van der Waals surface area contributed by atoms with E-state index in [0.717, 1.165) is 17.3 Å². The van der Waals surface area contributed by atoms with Crippen molar-refractivity contribution < 1.29 is 23.8 Å². The van der Waals surface area contributed by atoms with Gasteiger partial charge in [0, 0.05) is 5.02 Å². The van der Waals surface area contributed by atoms with Crippen LogP contribution in [0.25, 0.3) is 6.08 Å². The van der Waals surface area contributed by atoms with Crippen molar-refractivity contribution in [1.29, 1.82) is 0 Å². The lowest BCUT2D eigenvalue weighted by Gasteiger charge is -2.25. The van der Waals surface area contributed by atoms with Gasteiger partial charge in [-0.25, -0.2) is 4.79 Å². The highest BCUT2D eigenvalue weighted by molar-refractivity contribution is 9.10. The highest BCUT2D eigenvalue weighted by atomic mass is 79.9. The molecule has 0 aliphatic carbocycles. The summed E-state index contributed by atoms with van der Waals surface area (Å²) in [6.45, 7) is 4.54. The molecule has 0 radical (unpaired) electrons. The minimum atomic E-state index is -0.973. The molecule has 1 heterocycles. The fourth-order valence-electron chi connectivity index (χ4n) is 3.91. The van der Waals surface area contributed by atoms with E-state index < -0.39 is 12.0 Å². The molecular formula is C29H25BrClNO5S2. The van der Waals surface area contributed by atoms with Crippen LogP contribution in [0.2, 0.25) is 5.02 Å². The summed E-state index contributed by atoms with van der Waals surface area (Å²) in [5.41, 5.74) is 2.28. The lowest BCUT2D eigenvalue weighted by Crippen LogP contribution is -2.38. The smallest absolute Gasteiger partial charge is 0.333 e. The number of rotatable bonds is 10. The molecule has 1 saturated heterocycles. The number of carbonyl (C=O) groups is 2. The van der Waals surface area contributed by atoms with E-state index in [2.05, 4.69) is 15.9 Å². The number of thiocarbonyl (C=S) groups is 1. The van der Waals surface area contributed by atoms with Crippen LogP contribution >= 0.6 is 51.5 Å². The zero-order chi connectivity index (χ0) is 27.9. The number of thioether (sulfide) groups is 1. The van der Waals surface area contributed by atoms with Crippen molar-refractivity contribution in [3.8, 4) is 11.5 Å². The van der Waals surface area contributed by atoms with Gasteiger partial charge in [0.05, 0.1) is 22.6 Å². The highest BCUT2D eigenvalue weighted by Gasteiger charge is 2.42. The average Bonchev–Trinajstić information content (AvgIpc) is 3.18. The first kappa shape index (κ1) is 29.1. The second kappa shape index (κ2) is 13.5. The van der Waals surface area contributed by atoms with E-state index >= 15 is 0 Å². The summed E-state index contributed by atoms with van der Waals surface area (Å²) in [7, 11) is 0. The van der Waals surface area contributed by atoms with Crippen LogP contribution < -0.4 is 9.47 Å². The molecule has 10 heteroatoms. The fraction of sp³-hybridized carbons (Fsp3) is 0.207. The number of benzene rings is 3. The lowest BCUT2D eigenvalue weighted by atomic mass is 10.1. The van der Waals surface area contributed by atoms with Crippen LogP contribution in [0, 0.1) is 0 Å². The number of hydrogen-bond donors (Lipinski definition) is 0. The summed E-state index contributed by atoms with van der Waals surface area (Å²) in [5, 5.41) is 0.655. The molecule has 4 rings (SSSR count). The number of halogens is 2. The number of ether oxygens (including phenoxy) is 3. The maximum atomic E-state index is 13.6. The molecule has 202 valence electrons. The Kier molecular flexibility index (Phi) is 10.1. The largest absolute Gasteiger partial charge is 0.490 e. The van der Waals surface area contributed by atoms with Crippen LogP contribution in [0.1, 0.15) is 36.6 Å². The van der Waals surface area contributed by atoms with E-state index in [1.165, 1.54) is 4.90 Å². The van der Waals surface area contributed by atoms with E-state index in [9.17, 15) is 9.59 Å². The Morgan fingerprint density at radius 2 is 1.79 bits per heavy atom. The molecule has 3 aromatic rings. The summed E-state index contributed by atoms with van der Waals surface area (Å²) in [4.78, 5) is 28.2. The van der Waals surface area contributed by atoms with Gasteiger partial charge >= 0.3 is 5.97 Å². The second-order valence-corrected chi connectivity index (χ2v) is 11.3. The van der Waals surface area contributed by atoms with Gasteiger partial charge < -0.3 is 14.2 Å². The Morgan fingerprint density at radius 1 is 1.08 bits per heavy atom. The molecule has 1 amide bonds. The lowest BCUT2D eigenvalue weighted by molar-refractivity contribution is -0.151. The van der Waals surface area contributed by atoms with Gasteiger partial charge in [0.15, 0.2) is 17.5 Å². The van der Waals surface area contributed by atoms with E-state index in [0.29, 0.717) is 50.2 Å². The monoisotopic (exact) mass is 645 g/mol. The van der Waals surface area contributed by atoms with Crippen LogP contribution in [0.15, 0.2) is 76.1 Å². The number of amides is 1. The van der Waals surface area contributed by atoms with Crippen molar-refractivity contribution in [2.45, 2.75) is 26.5 Å². The van der Waals surface area contributed by atoms with Crippen LogP contribution in [-0.4, -0.2) is 34.3 Å². The predicted octanol–water partition coefficient (Wildman–Crippen LogP) is 7.59. The van der Waals surface area contributed by atoms with E-state index in [4.69, 9.17) is 38.0 Å². The molecule has 1 fully saturated rings. The molecule has 1 atom stereocenters. The summed E-state index contributed by atoms with van der Waals surface area (Å²) < 4.78 is 18.2. The molecule has 1 aliphatic rings. The first-order chi connectivity index (χ1) is 18.8. The quantitative estimate of drug-likeness (QED) is 0.128. The van der Waals surface area contributed by atoms with Gasteiger partial charge in [0.2, 0.25) is 0 Å². The zero-order valence-corrected chi connectivity index (χ0v) is 25.2. The summed E-state index contributed by atoms with van der Waals surface area (Å²) in [6, 6.07) is 19.1. The van der Waals surface area contributed by atoms with Crippen molar-refractivity contribution in [3.63, 3.8) is 0 Å². The van der Waals surface area contributed by atoms with Crippen LogP contribution in [0.4, 0.5) is 0 Å². The highest BCUT2D eigenvalue weighted by Crippen LogP contribution is 2.41. The number of nitrogens with zero attached hydrogens (tertiary/aromatic N) is 1. The molecular weight excluding hydrogens is 622 g/mol. The molecule has 0 spiro atoms. The van der Waals surface area contributed by atoms with Gasteiger partial charge in [-0.1, -0.05) is 78.0 Å². The van der Waals surface area contributed by atoms with Gasteiger partial charge in [-0.15, -0.1) is 0 Å². The summed E-state index contributed by atoms with van der Waals surface area (Å²) in [5.74, 6) is 0.160.